The highest BCUT2D eigenvalue weighted by molar-refractivity contribution is 6.19. The lowest BCUT2D eigenvalue weighted by Crippen LogP contribution is -2.10. The first-order valence-corrected chi connectivity index (χ1v) is 21.3. The highest BCUT2D eigenvalue weighted by atomic mass is 15.0. The second-order valence-electron chi connectivity index (χ2n) is 16.3. The van der Waals surface area contributed by atoms with Crippen LogP contribution in [0.1, 0.15) is 11.4 Å². The van der Waals surface area contributed by atoms with Gasteiger partial charge in [0.25, 0.3) is 0 Å². The maximum Gasteiger partial charge on any atom is 0.164 e. The average molecular weight is 792 g/mol. The number of nitrogens with zero attached hydrogens (tertiary/aromatic N) is 5. The quantitative estimate of drug-likeness (QED) is 0.174. The Balaban J connectivity index is 0.980. The monoisotopic (exact) mass is 791 g/mol. The van der Waals surface area contributed by atoms with Gasteiger partial charge < -0.3 is 9.13 Å². The number of hydrogen-bond acceptors (Lipinski definition) is 3. The van der Waals surface area contributed by atoms with Crippen LogP contribution in [0.5, 0.6) is 0 Å². The van der Waals surface area contributed by atoms with Gasteiger partial charge in [-0.15, -0.1) is 0 Å². The molecule has 13 rings (SSSR count). The van der Waals surface area contributed by atoms with Gasteiger partial charge in [-0.05, 0) is 93.7 Å². The molecular weight excluding hydrogens is 755 g/mol. The molecule has 0 saturated heterocycles. The van der Waals surface area contributed by atoms with Gasteiger partial charge in [-0.3, -0.25) is 0 Å². The smallest absolute Gasteiger partial charge is 0.164 e. The third-order valence-corrected chi connectivity index (χ3v) is 12.8. The molecule has 0 spiro atoms. The molecular formula is C57H37N5. The first-order valence-electron chi connectivity index (χ1n) is 21.3. The Morgan fingerprint density at radius 2 is 0.839 bits per heavy atom. The van der Waals surface area contributed by atoms with Crippen LogP contribution in [0.2, 0.25) is 0 Å². The third-order valence-electron chi connectivity index (χ3n) is 12.8. The van der Waals surface area contributed by atoms with Crippen LogP contribution < -0.4 is 0 Å². The minimum atomic E-state index is 0.649. The van der Waals surface area contributed by atoms with E-state index in [2.05, 4.69) is 191 Å². The van der Waals surface area contributed by atoms with Crippen molar-refractivity contribution in [3.8, 4) is 56.7 Å². The first kappa shape index (κ1) is 34.7. The van der Waals surface area contributed by atoms with Gasteiger partial charge >= 0.3 is 0 Å². The summed E-state index contributed by atoms with van der Waals surface area (Å²) in [4.78, 5) is 15.2. The number of aromatic nitrogens is 5. The summed E-state index contributed by atoms with van der Waals surface area (Å²) in [5, 5.41) is 9.77. The highest BCUT2D eigenvalue weighted by Crippen LogP contribution is 2.49. The van der Waals surface area contributed by atoms with Crippen LogP contribution in [0, 0.1) is 0 Å². The van der Waals surface area contributed by atoms with Gasteiger partial charge in [0, 0.05) is 61.4 Å². The Hall–Kier alpha value is -8.15. The maximum absolute atomic E-state index is 5.11. The summed E-state index contributed by atoms with van der Waals surface area (Å²) in [5.41, 5.74) is 13.1. The highest BCUT2D eigenvalue weighted by Gasteiger charge is 2.31. The molecule has 0 bridgehead atoms. The van der Waals surface area contributed by atoms with Crippen LogP contribution >= 0.6 is 0 Å². The Bertz CT molecular complexity index is 3750. The van der Waals surface area contributed by atoms with Gasteiger partial charge in [-0.1, -0.05) is 152 Å². The fourth-order valence-corrected chi connectivity index (χ4v) is 10.0. The Morgan fingerprint density at radius 1 is 0.323 bits per heavy atom. The van der Waals surface area contributed by atoms with E-state index in [9.17, 15) is 0 Å². The molecule has 5 heteroatoms. The van der Waals surface area contributed by atoms with Gasteiger partial charge in [0.2, 0.25) is 0 Å². The Morgan fingerprint density at radius 3 is 1.60 bits per heavy atom. The summed E-state index contributed by atoms with van der Waals surface area (Å²) in [6.45, 7) is 0. The van der Waals surface area contributed by atoms with Crippen LogP contribution in [-0.2, 0) is 12.8 Å². The molecule has 0 atom stereocenters. The van der Waals surface area contributed by atoms with Crippen molar-refractivity contribution in [3.63, 3.8) is 0 Å². The minimum Gasteiger partial charge on any atom is -0.313 e. The zero-order valence-electron chi connectivity index (χ0n) is 33.7. The van der Waals surface area contributed by atoms with E-state index in [1.54, 1.807) is 0 Å². The normalized spacial score (nSPS) is 12.4. The lowest BCUT2D eigenvalue weighted by Gasteiger charge is -2.20. The average Bonchev–Trinajstić information content (AvgIpc) is 3.87. The summed E-state index contributed by atoms with van der Waals surface area (Å²) >= 11 is 0. The van der Waals surface area contributed by atoms with Crippen molar-refractivity contribution in [2.24, 2.45) is 0 Å². The molecule has 0 radical (unpaired) electrons. The summed E-state index contributed by atoms with van der Waals surface area (Å²) in [5.74, 6) is 1.96. The predicted molar refractivity (Wildman–Crippen MR) is 255 cm³/mol. The van der Waals surface area contributed by atoms with E-state index in [4.69, 9.17) is 15.0 Å². The van der Waals surface area contributed by atoms with E-state index >= 15 is 0 Å². The van der Waals surface area contributed by atoms with Crippen molar-refractivity contribution in [3.05, 3.63) is 212 Å². The molecule has 0 amide bonds. The van der Waals surface area contributed by atoms with E-state index < -0.39 is 0 Å². The summed E-state index contributed by atoms with van der Waals surface area (Å²) in [7, 11) is 0. The number of benzene rings is 9. The van der Waals surface area contributed by atoms with Crippen molar-refractivity contribution in [2.75, 3.05) is 0 Å². The van der Waals surface area contributed by atoms with Gasteiger partial charge in [0.05, 0.1) is 11.0 Å². The summed E-state index contributed by atoms with van der Waals surface area (Å²) < 4.78 is 5.03. The predicted octanol–water partition coefficient (Wildman–Crippen LogP) is 14.0. The van der Waals surface area contributed by atoms with E-state index in [0.29, 0.717) is 17.5 Å². The molecule has 0 fully saturated rings. The largest absolute Gasteiger partial charge is 0.313 e. The summed E-state index contributed by atoms with van der Waals surface area (Å²) in [6.07, 6.45) is 1.86. The van der Waals surface area contributed by atoms with Crippen LogP contribution in [0.15, 0.2) is 200 Å². The van der Waals surface area contributed by atoms with E-state index in [-0.39, 0.29) is 0 Å². The molecule has 1 aliphatic rings. The fraction of sp³-hybridized carbons (Fsp3) is 0.0351. The lowest BCUT2D eigenvalue weighted by molar-refractivity contribution is 0.822. The van der Waals surface area contributed by atoms with Crippen molar-refractivity contribution in [1.29, 1.82) is 0 Å². The lowest BCUT2D eigenvalue weighted by atomic mass is 9.89. The third kappa shape index (κ3) is 5.38. The molecule has 62 heavy (non-hydrogen) atoms. The van der Waals surface area contributed by atoms with E-state index in [1.165, 1.54) is 66.2 Å². The SMILES string of the molecule is c1ccc(-c2nc(-c3ccc4ccccc4c3)nc(-c3ccc4cc(-n5c6c(c7c8ccccc8ccc75)-c5c(n(-c7ccccc7)c7ccccc57)CC6)ccc4c3)n2)cc1. The summed E-state index contributed by atoms with van der Waals surface area (Å²) in [6, 6.07) is 71.7. The van der Waals surface area contributed by atoms with E-state index in [1.807, 2.05) is 18.2 Å². The number of para-hydroxylation sites is 2. The molecule has 5 nitrogen and oxygen atoms in total. The second kappa shape index (κ2) is 13.7. The van der Waals surface area contributed by atoms with Crippen LogP contribution in [0.4, 0.5) is 0 Å². The molecule has 0 saturated carbocycles. The topological polar surface area (TPSA) is 48.5 Å². The zero-order chi connectivity index (χ0) is 40.7. The van der Waals surface area contributed by atoms with Gasteiger partial charge in [0.15, 0.2) is 17.5 Å². The van der Waals surface area contributed by atoms with Gasteiger partial charge in [-0.2, -0.15) is 0 Å². The van der Waals surface area contributed by atoms with Crippen molar-refractivity contribution in [1.82, 2.24) is 24.1 Å². The molecule has 0 N–H and O–H groups in total. The van der Waals surface area contributed by atoms with Gasteiger partial charge in [-0.25, -0.2) is 15.0 Å². The van der Waals surface area contributed by atoms with Crippen LogP contribution in [-0.4, -0.2) is 24.1 Å². The fourth-order valence-electron chi connectivity index (χ4n) is 10.0. The van der Waals surface area contributed by atoms with Crippen molar-refractivity contribution in [2.45, 2.75) is 12.8 Å². The number of fused-ring (bicyclic) bond motifs is 11. The van der Waals surface area contributed by atoms with Gasteiger partial charge in [0.1, 0.15) is 0 Å². The molecule has 0 aliphatic heterocycles. The second-order valence-corrected chi connectivity index (χ2v) is 16.3. The first-order chi connectivity index (χ1) is 30.7. The van der Waals surface area contributed by atoms with Crippen molar-refractivity contribution < 1.29 is 0 Å². The molecule has 0 unspecified atom stereocenters. The number of rotatable bonds is 5. The molecule has 9 aromatic carbocycles. The zero-order valence-corrected chi connectivity index (χ0v) is 33.7. The Labute approximate surface area is 357 Å². The standard InChI is InChI=1S/C57H37N5/c1-3-15-38(16-4-1)55-58-56(42-25-23-36-13-7-8-17-39(36)33-42)60-57(59-55)43-26-24-41-35-45(29-27-40(41)34-43)62-49-30-28-37-14-9-10-20-46(37)52(49)54-51(62)32-31-50-53(54)47-21-11-12-22-48(47)61(50)44-18-5-2-6-19-44/h1-30,33-35H,31-32H2. The van der Waals surface area contributed by atoms with E-state index in [0.717, 1.165) is 51.4 Å². The van der Waals surface area contributed by atoms with Crippen LogP contribution in [0.25, 0.3) is 111 Å². The molecule has 3 heterocycles. The Kier molecular flexibility index (Phi) is 7.66. The number of hydrogen-bond donors (Lipinski definition) is 0. The molecule has 3 aromatic heterocycles. The molecule has 1 aliphatic carbocycles. The maximum atomic E-state index is 5.11. The minimum absolute atomic E-state index is 0.649. The molecule has 290 valence electrons. The van der Waals surface area contributed by atoms with Crippen LogP contribution in [0.3, 0.4) is 0 Å². The van der Waals surface area contributed by atoms with Crippen molar-refractivity contribution >= 4 is 54.1 Å². The molecule has 12 aromatic rings.